The molecule has 0 spiro atoms. The molecule has 0 aromatic heterocycles. The van der Waals surface area contributed by atoms with Gasteiger partial charge in [-0.1, -0.05) is 18.2 Å². The van der Waals surface area contributed by atoms with Crippen LogP contribution in [0.1, 0.15) is 26.2 Å². The number of nitrogens with one attached hydrogen (secondary N) is 2. The normalized spacial score (nSPS) is 20.6. The van der Waals surface area contributed by atoms with Gasteiger partial charge in [0.15, 0.2) is 0 Å². The number of benzene rings is 1. The summed E-state index contributed by atoms with van der Waals surface area (Å²) in [6.45, 7) is 2.82. The number of amides is 2. The number of rotatable bonds is 6. The fraction of sp³-hybridized carbons (Fsp3) is 0.500. The molecule has 22 heavy (non-hydrogen) atoms. The fourth-order valence-electron chi connectivity index (χ4n) is 2.72. The van der Waals surface area contributed by atoms with E-state index in [2.05, 4.69) is 10.6 Å². The van der Waals surface area contributed by atoms with Crippen LogP contribution in [0.4, 0.5) is 5.69 Å². The molecule has 2 amide bonds. The minimum atomic E-state index is -0.401. The SMILES string of the molecule is CNCCCC(=O)NC1CC(C)N(c2ccccc2)C1=O.Cl. The van der Waals surface area contributed by atoms with E-state index in [4.69, 9.17) is 0 Å². The first-order chi connectivity index (χ1) is 10.1. The number of hydrogen-bond acceptors (Lipinski definition) is 3. The van der Waals surface area contributed by atoms with E-state index < -0.39 is 6.04 Å². The summed E-state index contributed by atoms with van der Waals surface area (Å²) >= 11 is 0. The second-order valence-electron chi connectivity index (χ2n) is 5.46. The number of carbonyl (C=O) groups excluding carboxylic acids is 2. The van der Waals surface area contributed by atoms with E-state index in [1.807, 2.05) is 44.3 Å². The lowest BCUT2D eigenvalue weighted by atomic mass is 10.1. The minimum absolute atomic E-state index is 0. The smallest absolute Gasteiger partial charge is 0.249 e. The standard InChI is InChI=1S/C16H23N3O2.ClH/c1-12-11-14(18-15(20)9-6-10-17-2)16(21)19(12)13-7-4-3-5-8-13;/h3-5,7-8,12,14,17H,6,9-11H2,1-2H3,(H,18,20);1H. The first kappa shape index (κ1) is 18.5. The Labute approximate surface area is 137 Å². The summed E-state index contributed by atoms with van der Waals surface area (Å²) in [6.07, 6.45) is 1.89. The van der Waals surface area contributed by atoms with Crippen molar-refractivity contribution in [1.29, 1.82) is 0 Å². The molecule has 0 bridgehead atoms. The molecule has 5 nitrogen and oxygen atoms in total. The zero-order chi connectivity index (χ0) is 15.2. The quantitative estimate of drug-likeness (QED) is 0.783. The zero-order valence-electron chi connectivity index (χ0n) is 13.0. The lowest BCUT2D eigenvalue weighted by molar-refractivity contribution is -0.126. The van der Waals surface area contributed by atoms with Crippen molar-refractivity contribution >= 4 is 29.9 Å². The maximum atomic E-state index is 12.5. The van der Waals surface area contributed by atoms with Crippen LogP contribution in [-0.2, 0) is 9.59 Å². The Morgan fingerprint density at radius 2 is 2.00 bits per heavy atom. The molecule has 1 aliphatic heterocycles. The highest BCUT2D eigenvalue weighted by molar-refractivity contribution is 6.01. The summed E-state index contributed by atoms with van der Waals surface area (Å²) in [4.78, 5) is 26.1. The third-order valence-electron chi connectivity index (χ3n) is 3.75. The van der Waals surface area contributed by atoms with Crippen LogP contribution in [0.3, 0.4) is 0 Å². The highest BCUT2D eigenvalue weighted by atomic mass is 35.5. The number of hydrogen-bond donors (Lipinski definition) is 2. The summed E-state index contributed by atoms with van der Waals surface area (Å²) in [7, 11) is 1.86. The van der Waals surface area contributed by atoms with Crippen LogP contribution < -0.4 is 15.5 Å². The van der Waals surface area contributed by atoms with Gasteiger partial charge in [0.25, 0.3) is 0 Å². The number of para-hydroxylation sites is 1. The Balaban J connectivity index is 0.00000242. The average molecular weight is 326 g/mol. The molecule has 0 aliphatic carbocycles. The van der Waals surface area contributed by atoms with E-state index in [-0.39, 0.29) is 30.3 Å². The Bertz CT molecular complexity index is 495. The topological polar surface area (TPSA) is 61.4 Å². The van der Waals surface area contributed by atoms with Crippen LogP contribution in [0.2, 0.25) is 0 Å². The van der Waals surface area contributed by atoms with Gasteiger partial charge in [-0.15, -0.1) is 12.4 Å². The monoisotopic (exact) mass is 325 g/mol. The van der Waals surface area contributed by atoms with E-state index in [0.29, 0.717) is 12.8 Å². The van der Waals surface area contributed by atoms with Crippen LogP contribution >= 0.6 is 12.4 Å². The van der Waals surface area contributed by atoms with Crippen molar-refractivity contribution < 1.29 is 9.59 Å². The molecular weight excluding hydrogens is 302 g/mol. The van der Waals surface area contributed by atoms with E-state index in [1.54, 1.807) is 4.90 Å². The third kappa shape index (κ3) is 4.45. The van der Waals surface area contributed by atoms with E-state index in [0.717, 1.165) is 18.7 Å². The summed E-state index contributed by atoms with van der Waals surface area (Å²) in [6, 6.07) is 9.30. The van der Waals surface area contributed by atoms with E-state index in [1.165, 1.54) is 0 Å². The summed E-state index contributed by atoms with van der Waals surface area (Å²) < 4.78 is 0. The molecule has 2 unspecified atom stereocenters. The lowest BCUT2D eigenvalue weighted by Gasteiger charge is -2.21. The lowest BCUT2D eigenvalue weighted by Crippen LogP contribution is -2.42. The van der Waals surface area contributed by atoms with Crippen molar-refractivity contribution in [2.24, 2.45) is 0 Å². The largest absolute Gasteiger partial charge is 0.344 e. The van der Waals surface area contributed by atoms with Crippen LogP contribution in [0, 0.1) is 0 Å². The van der Waals surface area contributed by atoms with Gasteiger partial charge >= 0.3 is 0 Å². The second-order valence-corrected chi connectivity index (χ2v) is 5.46. The second kappa shape index (κ2) is 8.76. The van der Waals surface area contributed by atoms with Crippen LogP contribution in [-0.4, -0.2) is 37.5 Å². The molecule has 122 valence electrons. The molecule has 1 aliphatic rings. The maximum absolute atomic E-state index is 12.5. The van der Waals surface area contributed by atoms with Gasteiger partial charge in [-0.3, -0.25) is 9.59 Å². The van der Waals surface area contributed by atoms with Gasteiger partial charge in [0.2, 0.25) is 11.8 Å². The Morgan fingerprint density at radius 3 is 2.64 bits per heavy atom. The summed E-state index contributed by atoms with van der Waals surface area (Å²) in [5, 5.41) is 5.87. The highest BCUT2D eigenvalue weighted by Crippen LogP contribution is 2.26. The van der Waals surface area contributed by atoms with Gasteiger partial charge in [0.1, 0.15) is 6.04 Å². The summed E-state index contributed by atoms with van der Waals surface area (Å²) in [5.74, 6) is -0.0682. The van der Waals surface area contributed by atoms with E-state index in [9.17, 15) is 9.59 Å². The van der Waals surface area contributed by atoms with Crippen molar-refractivity contribution in [3.8, 4) is 0 Å². The first-order valence-electron chi connectivity index (χ1n) is 7.45. The van der Waals surface area contributed by atoms with Crippen LogP contribution in [0.25, 0.3) is 0 Å². The van der Waals surface area contributed by atoms with Crippen molar-refractivity contribution in [3.63, 3.8) is 0 Å². The predicted octanol–water partition coefficient (Wildman–Crippen LogP) is 1.72. The van der Waals surface area contributed by atoms with E-state index >= 15 is 0 Å². The van der Waals surface area contributed by atoms with Crippen molar-refractivity contribution in [2.75, 3.05) is 18.5 Å². The number of anilines is 1. The molecule has 0 radical (unpaired) electrons. The van der Waals surface area contributed by atoms with Gasteiger partial charge in [-0.25, -0.2) is 0 Å². The van der Waals surface area contributed by atoms with Gasteiger partial charge in [-0.05, 0) is 45.5 Å². The molecule has 0 saturated carbocycles. The third-order valence-corrected chi connectivity index (χ3v) is 3.75. The molecule has 1 heterocycles. The molecule has 2 rings (SSSR count). The first-order valence-corrected chi connectivity index (χ1v) is 7.45. The molecule has 1 aromatic rings. The molecule has 1 saturated heterocycles. The Kier molecular flexibility index (Phi) is 7.35. The molecule has 6 heteroatoms. The average Bonchev–Trinajstić information content (AvgIpc) is 2.74. The molecule has 1 fully saturated rings. The van der Waals surface area contributed by atoms with Gasteiger partial charge in [0.05, 0.1) is 0 Å². The molecule has 2 atom stereocenters. The van der Waals surface area contributed by atoms with Crippen molar-refractivity contribution in [3.05, 3.63) is 30.3 Å². The van der Waals surface area contributed by atoms with Crippen molar-refractivity contribution in [1.82, 2.24) is 10.6 Å². The van der Waals surface area contributed by atoms with Gasteiger partial charge in [-0.2, -0.15) is 0 Å². The summed E-state index contributed by atoms with van der Waals surface area (Å²) in [5.41, 5.74) is 0.891. The predicted molar refractivity (Wildman–Crippen MR) is 90.3 cm³/mol. The Hall–Kier alpha value is -1.59. The number of carbonyl (C=O) groups is 2. The highest BCUT2D eigenvalue weighted by Gasteiger charge is 2.38. The Morgan fingerprint density at radius 1 is 1.32 bits per heavy atom. The zero-order valence-corrected chi connectivity index (χ0v) is 13.9. The van der Waals surface area contributed by atoms with Crippen molar-refractivity contribution in [2.45, 2.75) is 38.3 Å². The van der Waals surface area contributed by atoms with Gasteiger partial charge in [0, 0.05) is 18.2 Å². The molecular formula is C16H24ClN3O2. The fourth-order valence-corrected chi connectivity index (χ4v) is 2.72. The molecule has 1 aromatic carbocycles. The molecule has 2 N–H and O–H groups in total. The minimum Gasteiger partial charge on any atom is -0.344 e. The van der Waals surface area contributed by atoms with Gasteiger partial charge < -0.3 is 15.5 Å². The maximum Gasteiger partial charge on any atom is 0.249 e. The number of halogens is 1. The van der Waals surface area contributed by atoms with Crippen LogP contribution in [0.15, 0.2) is 30.3 Å². The number of nitrogens with zero attached hydrogens (tertiary/aromatic N) is 1. The van der Waals surface area contributed by atoms with Crippen LogP contribution in [0.5, 0.6) is 0 Å².